The van der Waals surface area contributed by atoms with E-state index in [2.05, 4.69) is 16.6 Å². The number of aliphatic hydroxyl groups is 1. The number of terminal acetylenes is 1. The molecule has 1 fully saturated rings. The van der Waals surface area contributed by atoms with Crippen molar-refractivity contribution in [1.29, 1.82) is 0 Å². The van der Waals surface area contributed by atoms with Crippen molar-refractivity contribution in [2.75, 3.05) is 11.9 Å². The van der Waals surface area contributed by atoms with Crippen LogP contribution in [0.3, 0.4) is 0 Å². The SMILES string of the molecule is C#Cc1cccc(NC(=O)C(=O)NCC2(O)CCCC2)c1. The molecule has 0 unspecified atom stereocenters. The van der Waals surface area contributed by atoms with Crippen molar-refractivity contribution in [3.05, 3.63) is 29.8 Å². The number of rotatable bonds is 3. The van der Waals surface area contributed by atoms with Crippen LogP contribution in [0.5, 0.6) is 0 Å². The summed E-state index contributed by atoms with van der Waals surface area (Å²) in [5.41, 5.74) is 0.206. The molecule has 0 spiro atoms. The highest BCUT2D eigenvalue weighted by Gasteiger charge is 2.32. The van der Waals surface area contributed by atoms with Gasteiger partial charge in [0.05, 0.1) is 5.60 Å². The standard InChI is InChI=1S/C16H18N2O3/c1-2-12-6-5-7-13(10-12)18-15(20)14(19)17-11-16(21)8-3-4-9-16/h1,5-7,10,21H,3-4,8-9,11H2,(H,17,19)(H,18,20). The predicted molar refractivity (Wildman–Crippen MR) is 79.4 cm³/mol. The van der Waals surface area contributed by atoms with Gasteiger partial charge in [-0.25, -0.2) is 0 Å². The third-order valence-corrected chi connectivity index (χ3v) is 3.61. The maximum Gasteiger partial charge on any atom is 0.313 e. The molecule has 0 saturated heterocycles. The molecule has 0 radical (unpaired) electrons. The van der Waals surface area contributed by atoms with Crippen LogP contribution in [0.1, 0.15) is 31.2 Å². The van der Waals surface area contributed by atoms with Gasteiger partial charge >= 0.3 is 11.8 Å². The number of hydrogen-bond donors (Lipinski definition) is 3. The fourth-order valence-electron chi connectivity index (χ4n) is 2.41. The second kappa shape index (κ2) is 6.42. The van der Waals surface area contributed by atoms with Crippen molar-refractivity contribution in [1.82, 2.24) is 5.32 Å². The van der Waals surface area contributed by atoms with E-state index in [4.69, 9.17) is 6.42 Å². The zero-order chi connectivity index (χ0) is 15.3. The highest BCUT2D eigenvalue weighted by atomic mass is 16.3. The van der Waals surface area contributed by atoms with E-state index in [1.165, 1.54) is 0 Å². The Morgan fingerprint density at radius 1 is 1.29 bits per heavy atom. The first-order valence-corrected chi connectivity index (χ1v) is 6.91. The molecule has 1 aromatic carbocycles. The zero-order valence-corrected chi connectivity index (χ0v) is 11.7. The lowest BCUT2D eigenvalue weighted by Gasteiger charge is -2.22. The molecule has 2 amide bonds. The van der Waals surface area contributed by atoms with E-state index in [0.717, 1.165) is 12.8 Å². The van der Waals surface area contributed by atoms with E-state index < -0.39 is 17.4 Å². The van der Waals surface area contributed by atoms with Gasteiger partial charge in [0, 0.05) is 17.8 Å². The van der Waals surface area contributed by atoms with Gasteiger partial charge in [0.2, 0.25) is 0 Å². The third kappa shape index (κ3) is 4.07. The number of benzene rings is 1. The quantitative estimate of drug-likeness (QED) is 0.573. The smallest absolute Gasteiger partial charge is 0.313 e. The summed E-state index contributed by atoms with van der Waals surface area (Å²) in [6.07, 6.45) is 8.46. The van der Waals surface area contributed by atoms with Gasteiger partial charge in [-0.05, 0) is 31.0 Å². The molecular formula is C16H18N2O3. The summed E-state index contributed by atoms with van der Waals surface area (Å²) >= 11 is 0. The topological polar surface area (TPSA) is 78.4 Å². The molecule has 0 atom stereocenters. The Hall–Kier alpha value is -2.32. The Bertz CT molecular complexity index is 583. The number of carbonyl (C=O) groups is 2. The highest BCUT2D eigenvalue weighted by molar-refractivity contribution is 6.39. The Kier molecular flexibility index (Phi) is 4.61. The van der Waals surface area contributed by atoms with Gasteiger partial charge in [-0.2, -0.15) is 0 Å². The summed E-state index contributed by atoms with van der Waals surface area (Å²) in [4.78, 5) is 23.5. The van der Waals surface area contributed by atoms with Gasteiger partial charge in [0.1, 0.15) is 0 Å². The van der Waals surface area contributed by atoms with E-state index >= 15 is 0 Å². The summed E-state index contributed by atoms with van der Waals surface area (Å²) in [6.45, 7) is 0.101. The molecule has 0 heterocycles. The van der Waals surface area contributed by atoms with Crippen molar-refractivity contribution in [2.45, 2.75) is 31.3 Å². The van der Waals surface area contributed by atoms with Crippen LogP contribution in [-0.4, -0.2) is 29.1 Å². The van der Waals surface area contributed by atoms with Gasteiger partial charge in [-0.3, -0.25) is 9.59 Å². The summed E-state index contributed by atoms with van der Waals surface area (Å²) in [5, 5.41) is 15.1. The van der Waals surface area contributed by atoms with Gasteiger partial charge in [-0.15, -0.1) is 6.42 Å². The van der Waals surface area contributed by atoms with Crippen LogP contribution in [0.15, 0.2) is 24.3 Å². The van der Waals surface area contributed by atoms with E-state index in [-0.39, 0.29) is 6.54 Å². The van der Waals surface area contributed by atoms with E-state index in [1.807, 2.05) is 0 Å². The average molecular weight is 286 g/mol. The number of amides is 2. The summed E-state index contributed by atoms with van der Waals surface area (Å²) < 4.78 is 0. The fraction of sp³-hybridized carbons (Fsp3) is 0.375. The van der Waals surface area contributed by atoms with Crippen LogP contribution in [0.4, 0.5) is 5.69 Å². The van der Waals surface area contributed by atoms with Crippen molar-refractivity contribution in [3.8, 4) is 12.3 Å². The Balaban J connectivity index is 1.87. The lowest BCUT2D eigenvalue weighted by molar-refractivity contribution is -0.136. The van der Waals surface area contributed by atoms with Crippen LogP contribution < -0.4 is 10.6 Å². The lowest BCUT2D eigenvalue weighted by Crippen LogP contribution is -2.44. The summed E-state index contributed by atoms with van der Waals surface area (Å²) in [7, 11) is 0. The van der Waals surface area contributed by atoms with E-state index in [1.54, 1.807) is 24.3 Å². The first-order valence-electron chi connectivity index (χ1n) is 6.91. The molecule has 21 heavy (non-hydrogen) atoms. The monoisotopic (exact) mass is 286 g/mol. The lowest BCUT2D eigenvalue weighted by atomic mass is 10.0. The minimum Gasteiger partial charge on any atom is -0.388 e. The molecule has 0 aromatic heterocycles. The Morgan fingerprint density at radius 3 is 2.67 bits per heavy atom. The second-order valence-electron chi connectivity index (χ2n) is 5.29. The van der Waals surface area contributed by atoms with E-state index in [9.17, 15) is 14.7 Å². The largest absolute Gasteiger partial charge is 0.388 e. The van der Waals surface area contributed by atoms with Crippen molar-refractivity contribution in [2.24, 2.45) is 0 Å². The van der Waals surface area contributed by atoms with Crippen LogP contribution in [-0.2, 0) is 9.59 Å². The summed E-state index contributed by atoms with van der Waals surface area (Å²) in [6, 6.07) is 6.68. The molecule has 0 bridgehead atoms. The first kappa shape index (κ1) is 15.1. The van der Waals surface area contributed by atoms with E-state index in [0.29, 0.717) is 24.1 Å². The molecule has 5 nitrogen and oxygen atoms in total. The molecule has 1 aliphatic rings. The molecule has 5 heteroatoms. The number of anilines is 1. The molecule has 1 saturated carbocycles. The van der Waals surface area contributed by atoms with Gasteiger partial charge in [0.25, 0.3) is 0 Å². The molecule has 110 valence electrons. The first-order chi connectivity index (χ1) is 10.0. The van der Waals surface area contributed by atoms with Crippen LogP contribution in [0.25, 0.3) is 0 Å². The molecule has 3 N–H and O–H groups in total. The third-order valence-electron chi connectivity index (χ3n) is 3.61. The maximum absolute atomic E-state index is 11.8. The van der Waals surface area contributed by atoms with Crippen LogP contribution in [0.2, 0.25) is 0 Å². The fourth-order valence-corrected chi connectivity index (χ4v) is 2.41. The normalized spacial score (nSPS) is 16.0. The van der Waals surface area contributed by atoms with Crippen molar-refractivity contribution < 1.29 is 14.7 Å². The Morgan fingerprint density at radius 2 is 2.00 bits per heavy atom. The summed E-state index contributed by atoms with van der Waals surface area (Å²) in [5.74, 6) is 0.917. The zero-order valence-electron chi connectivity index (χ0n) is 11.7. The highest BCUT2D eigenvalue weighted by Crippen LogP contribution is 2.28. The minimum atomic E-state index is -0.876. The minimum absolute atomic E-state index is 0.101. The number of nitrogens with one attached hydrogen (secondary N) is 2. The number of hydrogen-bond acceptors (Lipinski definition) is 3. The molecule has 2 rings (SSSR count). The van der Waals surface area contributed by atoms with Gasteiger partial charge in [0.15, 0.2) is 0 Å². The van der Waals surface area contributed by atoms with Gasteiger partial charge in [-0.1, -0.05) is 24.8 Å². The van der Waals surface area contributed by atoms with Crippen LogP contribution in [0, 0.1) is 12.3 Å². The molecule has 1 aromatic rings. The molecule has 1 aliphatic carbocycles. The predicted octanol–water partition coefficient (Wildman–Crippen LogP) is 1.03. The Labute approximate surface area is 123 Å². The molecular weight excluding hydrogens is 268 g/mol. The maximum atomic E-state index is 11.8. The van der Waals surface area contributed by atoms with Crippen molar-refractivity contribution in [3.63, 3.8) is 0 Å². The van der Waals surface area contributed by atoms with Crippen molar-refractivity contribution >= 4 is 17.5 Å². The average Bonchev–Trinajstić information content (AvgIpc) is 2.92. The van der Waals surface area contributed by atoms with Crippen LogP contribution >= 0.6 is 0 Å². The number of carbonyl (C=O) groups excluding carboxylic acids is 2. The van der Waals surface area contributed by atoms with Gasteiger partial charge < -0.3 is 15.7 Å². The second-order valence-corrected chi connectivity index (χ2v) is 5.29. The molecule has 0 aliphatic heterocycles.